The van der Waals surface area contributed by atoms with Gasteiger partial charge in [0.25, 0.3) is 5.91 Å². The molecule has 0 unspecified atom stereocenters. The summed E-state index contributed by atoms with van der Waals surface area (Å²) in [4.78, 5) is 12.6. The van der Waals surface area contributed by atoms with E-state index in [2.05, 4.69) is 22.5 Å². The van der Waals surface area contributed by atoms with Gasteiger partial charge in [0.05, 0.1) is 11.9 Å². The van der Waals surface area contributed by atoms with Crippen LogP contribution in [0.3, 0.4) is 0 Å². The fraction of sp³-hybridized carbons (Fsp3) is 0.238. The van der Waals surface area contributed by atoms with Crippen LogP contribution in [0.2, 0.25) is 0 Å². The van der Waals surface area contributed by atoms with E-state index in [0.717, 1.165) is 18.5 Å². The number of hydrogen-bond donors (Lipinski definition) is 2. The van der Waals surface area contributed by atoms with E-state index in [1.807, 2.05) is 48.5 Å². The van der Waals surface area contributed by atoms with Crippen molar-refractivity contribution in [2.24, 2.45) is 0 Å². The van der Waals surface area contributed by atoms with E-state index >= 15 is 0 Å². The highest BCUT2D eigenvalue weighted by Gasteiger charge is 2.39. The summed E-state index contributed by atoms with van der Waals surface area (Å²) in [5.74, 6) is -0.465. The number of nitrogens with one attached hydrogen (secondary N) is 1. The van der Waals surface area contributed by atoms with Crippen molar-refractivity contribution < 1.29 is 9.90 Å². The lowest BCUT2D eigenvalue weighted by molar-refractivity contribution is 0.0920. The first-order valence-corrected chi connectivity index (χ1v) is 8.86. The Balaban J connectivity index is 1.50. The number of benzene rings is 2. The van der Waals surface area contributed by atoms with Crippen LogP contribution in [-0.2, 0) is 5.41 Å². The average Bonchev–Trinajstić information content (AvgIpc) is 3.04. The molecule has 2 N–H and O–H groups in total. The summed E-state index contributed by atoms with van der Waals surface area (Å²) in [6.07, 6.45) is 4.74. The van der Waals surface area contributed by atoms with Gasteiger partial charge in [0.15, 0.2) is 11.4 Å². The SMILES string of the molecule is O=C(NCC1(c2ccccc2)CCC1)c1nn(-c2ccccc2)cc1O. The van der Waals surface area contributed by atoms with Gasteiger partial charge >= 0.3 is 0 Å². The molecule has 1 aliphatic rings. The van der Waals surface area contributed by atoms with Crippen LogP contribution in [0.1, 0.15) is 35.3 Å². The minimum Gasteiger partial charge on any atom is -0.504 e. The lowest BCUT2D eigenvalue weighted by atomic mass is 9.64. The number of rotatable bonds is 5. The molecule has 0 aliphatic heterocycles. The van der Waals surface area contributed by atoms with Gasteiger partial charge in [-0.05, 0) is 30.5 Å². The normalized spacial score (nSPS) is 15.2. The number of carbonyl (C=O) groups is 1. The van der Waals surface area contributed by atoms with Crippen LogP contribution in [-0.4, -0.2) is 27.3 Å². The maximum Gasteiger partial charge on any atom is 0.275 e. The van der Waals surface area contributed by atoms with E-state index in [0.29, 0.717) is 6.54 Å². The van der Waals surface area contributed by atoms with Gasteiger partial charge in [0.2, 0.25) is 0 Å². The molecule has 26 heavy (non-hydrogen) atoms. The Morgan fingerprint density at radius 1 is 1.08 bits per heavy atom. The Morgan fingerprint density at radius 3 is 2.35 bits per heavy atom. The summed E-state index contributed by atoms with van der Waals surface area (Å²) >= 11 is 0. The second-order valence-electron chi connectivity index (χ2n) is 6.83. The molecular formula is C21H21N3O2. The van der Waals surface area contributed by atoms with Gasteiger partial charge in [-0.3, -0.25) is 4.79 Å². The molecule has 0 bridgehead atoms. The largest absolute Gasteiger partial charge is 0.504 e. The zero-order valence-electron chi connectivity index (χ0n) is 14.4. The van der Waals surface area contributed by atoms with Crippen molar-refractivity contribution in [1.29, 1.82) is 0 Å². The highest BCUT2D eigenvalue weighted by molar-refractivity contribution is 5.94. The third-order valence-electron chi connectivity index (χ3n) is 5.21. The van der Waals surface area contributed by atoms with Gasteiger partial charge in [0.1, 0.15) is 0 Å². The standard InChI is InChI=1S/C21H21N3O2/c25-18-14-24(17-10-5-2-6-11-17)23-19(18)20(26)22-15-21(12-7-13-21)16-8-3-1-4-9-16/h1-6,8-11,14,25H,7,12-13,15H2,(H,22,26). The molecule has 1 saturated carbocycles. The molecule has 4 rings (SSSR count). The second kappa shape index (κ2) is 6.67. The zero-order chi connectivity index (χ0) is 18.0. The van der Waals surface area contributed by atoms with Gasteiger partial charge in [-0.15, -0.1) is 0 Å². The highest BCUT2D eigenvalue weighted by atomic mass is 16.3. The molecule has 5 nitrogen and oxygen atoms in total. The van der Waals surface area contributed by atoms with E-state index in [-0.39, 0.29) is 22.8 Å². The van der Waals surface area contributed by atoms with Gasteiger partial charge in [-0.1, -0.05) is 55.0 Å². The molecule has 0 radical (unpaired) electrons. The quantitative estimate of drug-likeness (QED) is 0.743. The summed E-state index contributed by atoms with van der Waals surface area (Å²) in [6.45, 7) is 0.549. The van der Waals surface area contributed by atoms with Crippen molar-refractivity contribution in [3.8, 4) is 11.4 Å². The van der Waals surface area contributed by atoms with Crippen molar-refractivity contribution >= 4 is 5.91 Å². The number of hydrogen-bond acceptors (Lipinski definition) is 3. The van der Waals surface area contributed by atoms with Crippen molar-refractivity contribution in [2.75, 3.05) is 6.54 Å². The Labute approximate surface area is 152 Å². The Hall–Kier alpha value is -3.08. The minimum atomic E-state index is -0.348. The predicted octanol–water partition coefficient (Wildman–Crippen LogP) is 3.43. The van der Waals surface area contributed by atoms with Crippen LogP contribution >= 0.6 is 0 Å². The molecule has 132 valence electrons. The van der Waals surface area contributed by atoms with Crippen LogP contribution < -0.4 is 5.32 Å². The molecular weight excluding hydrogens is 326 g/mol. The molecule has 1 fully saturated rings. The topological polar surface area (TPSA) is 67.2 Å². The summed E-state index contributed by atoms with van der Waals surface area (Å²) in [7, 11) is 0. The number of nitrogens with zero attached hydrogens (tertiary/aromatic N) is 2. The Bertz CT molecular complexity index is 900. The number of carbonyl (C=O) groups excluding carboxylic acids is 1. The van der Waals surface area contributed by atoms with E-state index in [9.17, 15) is 9.90 Å². The molecule has 1 amide bonds. The summed E-state index contributed by atoms with van der Waals surface area (Å²) < 4.78 is 1.51. The maximum atomic E-state index is 12.6. The third kappa shape index (κ3) is 2.96. The van der Waals surface area contributed by atoms with Crippen molar-refractivity contribution in [3.05, 3.63) is 78.1 Å². The molecule has 1 aromatic heterocycles. The number of aromatic nitrogens is 2. The Kier molecular flexibility index (Phi) is 4.21. The predicted molar refractivity (Wildman–Crippen MR) is 99.5 cm³/mol. The van der Waals surface area contributed by atoms with Gasteiger partial charge < -0.3 is 10.4 Å². The number of amides is 1. The van der Waals surface area contributed by atoms with Crippen LogP contribution in [0.25, 0.3) is 5.69 Å². The van der Waals surface area contributed by atoms with Gasteiger partial charge in [-0.2, -0.15) is 5.10 Å². The van der Waals surface area contributed by atoms with E-state index < -0.39 is 0 Å². The van der Waals surface area contributed by atoms with Crippen LogP contribution in [0.5, 0.6) is 5.75 Å². The molecule has 0 saturated heterocycles. The molecule has 1 heterocycles. The minimum absolute atomic E-state index is 0.00542. The van der Waals surface area contributed by atoms with Crippen molar-refractivity contribution in [1.82, 2.24) is 15.1 Å². The monoisotopic (exact) mass is 347 g/mol. The lowest BCUT2D eigenvalue weighted by Gasteiger charge is -2.42. The highest BCUT2D eigenvalue weighted by Crippen LogP contribution is 2.43. The smallest absolute Gasteiger partial charge is 0.275 e. The third-order valence-corrected chi connectivity index (χ3v) is 5.21. The average molecular weight is 347 g/mol. The molecule has 5 heteroatoms. The molecule has 0 spiro atoms. The molecule has 2 aromatic carbocycles. The summed E-state index contributed by atoms with van der Waals surface area (Å²) in [5.41, 5.74) is 2.10. The first-order chi connectivity index (χ1) is 12.7. The summed E-state index contributed by atoms with van der Waals surface area (Å²) in [5, 5.41) is 17.4. The fourth-order valence-corrected chi connectivity index (χ4v) is 3.54. The number of aromatic hydroxyl groups is 1. The first kappa shape index (κ1) is 16.4. The van der Waals surface area contributed by atoms with E-state index in [4.69, 9.17) is 0 Å². The van der Waals surface area contributed by atoms with E-state index in [1.165, 1.54) is 22.9 Å². The van der Waals surface area contributed by atoms with Gasteiger partial charge in [-0.25, -0.2) is 4.68 Å². The van der Waals surface area contributed by atoms with E-state index in [1.54, 1.807) is 0 Å². The molecule has 3 aromatic rings. The maximum absolute atomic E-state index is 12.6. The fourth-order valence-electron chi connectivity index (χ4n) is 3.54. The van der Waals surface area contributed by atoms with Crippen LogP contribution in [0, 0.1) is 0 Å². The molecule has 1 aliphatic carbocycles. The Morgan fingerprint density at radius 2 is 1.73 bits per heavy atom. The summed E-state index contributed by atoms with van der Waals surface area (Å²) in [6, 6.07) is 19.7. The molecule has 0 atom stereocenters. The van der Waals surface area contributed by atoms with Crippen LogP contribution in [0.4, 0.5) is 0 Å². The zero-order valence-corrected chi connectivity index (χ0v) is 14.4. The van der Waals surface area contributed by atoms with Gasteiger partial charge in [0, 0.05) is 12.0 Å². The first-order valence-electron chi connectivity index (χ1n) is 8.86. The van der Waals surface area contributed by atoms with Crippen molar-refractivity contribution in [2.45, 2.75) is 24.7 Å². The van der Waals surface area contributed by atoms with Crippen molar-refractivity contribution in [3.63, 3.8) is 0 Å². The lowest BCUT2D eigenvalue weighted by Crippen LogP contribution is -2.45. The second-order valence-corrected chi connectivity index (χ2v) is 6.83. The number of para-hydroxylation sites is 1. The van der Waals surface area contributed by atoms with Crippen LogP contribution in [0.15, 0.2) is 66.9 Å².